The number of amides is 1. The summed E-state index contributed by atoms with van der Waals surface area (Å²) in [5, 5.41) is 14.2. The Hall–Kier alpha value is -4.81. The van der Waals surface area contributed by atoms with E-state index in [0.29, 0.717) is 19.5 Å². The van der Waals surface area contributed by atoms with Crippen molar-refractivity contribution in [2.24, 2.45) is 0 Å². The number of aromatic nitrogens is 4. The van der Waals surface area contributed by atoms with E-state index in [1.807, 2.05) is 18.2 Å². The van der Waals surface area contributed by atoms with Crippen LogP contribution in [-0.2, 0) is 19.5 Å². The maximum atomic E-state index is 12.6. The zero-order valence-electron chi connectivity index (χ0n) is 17.5. The molecule has 13 heteroatoms. The average Bonchev–Trinajstić information content (AvgIpc) is 3.21. The lowest BCUT2D eigenvalue weighted by Gasteiger charge is -2.32. The minimum absolute atomic E-state index is 0.0127. The Bertz CT molecular complexity index is 1630. The van der Waals surface area contributed by atoms with Crippen molar-refractivity contribution in [3.63, 3.8) is 0 Å². The van der Waals surface area contributed by atoms with E-state index in [9.17, 15) is 29.1 Å². The second-order valence-electron chi connectivity index (χ2n) is 7.87. The van der Waals surface area contributed by atoms with Gasteiger partial charge in [-0.25, -0.2) is 24.2 Å². The first kappa shape index (κ1) is 21.1. The molecule has 172 valence electrons. The van der Waals surface area contributed by atoms with Crippen molar-refractivity contribution in [2.45, 2.75) is 19.5 Å². The third kappa shape index (κ3) is 3.39. The molecule has 2 aromatic heterocycles. The molecule has 0 bridgehead atoms. The highest BCUT2D eigenvalue weighted by molar-refractivity contribution is 5.95. The summed E-state index contributed by atoms with van der Waals surface area (Å²) in [4.78, 5) is 68.2. The van der Waals surface area contributed by atoms with E-state index in [1.54, 1.807) is 4.90 Å². The summed E-state index contributed by atoms with van der Waals surface area (Å²) in [6.07, 6.45) is 0.672. The monoisotopic (exact) mass is 463 g/mol. The molecule has 5 N–H and O–H groups in total. The molecule has 0 atom stereocenters. The molecular weight excluding hydrogens is 446 g/mol. The number of hydrogen-bond donors (Lipinski definition) is 4. The van der Waals surface area contributed by atoms with Gasteiger partial charge in [-0.1, -0.05) is 18.2 Å². The predicted octanol–water partition coefficient (Wildman–Crippen LogP) is -1.21. The number of rotatable bonds is 5. The van der Waals surface area contributed by atoms with Crippen LogP contribution in [0.1, 0.15) is 37.7 Å². The minimum Gasteiger partial charge on any atom is -0.477 e. The molecule has 0 saturated heterocycles. The molecule has 2 aromatic carbocycles. The number of carboxylic acids is 1. The number of nitrogens with one attached hydrogen (secondary N) is 2. The predicted molar refractivity (Wildman–Crippen MR) is 119 cm³/mol. The molecule has 1 amide bonds. The molecule has 0 unspecified atom stereocenters. The summed E-state index contributed by atoms with van der Waals surface area (Å²) in [6.45, 7) is 1.09. The topological polar surface area (TPSA) is 193 Å². The number of aromatic carboxylic acids is 1. The van der Waals surface area contributed by atoms with Crippen molar-refractivity contribution in [2.75, 3.05) is 17.2 Å². The van der Waals surface area contributed by atoms with Crippen molar-refractivity contribution in [3.8, 4) is 0 Å². The molecule has 34 heavy (non-hydrogen) atoms. The third-order valence-corrected chi connectivity index (χ3v) is 5.77. The van der Waals surface area contributed by atoms with Gasteiger partial charge in [-0.3, -0.25) is 14.4 Å². The zero-order chi connectivity index (χ0) is 24.1. The van der Waals surface area contributed by atoms with Crippen LogP contribution >= 0.6 is 0 Å². The van der Waals surface area contributed by atoms with Crippen LogP contribution in [0.5, 0.6) is 0 Å². The van der Waals surface area contributed by atoms with E-state index in [4.69, 9.17) is 5.73 Å². The maximum Gasteiger partial charge on any atom is 0.363 e. The van der Waals surface area contributed by atoms with E-state index in [1.165, 1.54) is 0 Å². The van der Waals surface area contributed by atoms with Crippen molar-refractivity contribution in [1.29, 1.82) is 0 Å². The number of hydrogen-bond acceptors (Lipinski definition) is 9. The highest BCUT2D eigenvalue weighted by atomic mass is 16.4. The highest BCUT2D eigenvalue weighted by Gasteiger charge is 2.27. The SMILES string of the molecule is Nc1c(N2CCc3ccc(CNC(=O)c4cc(C(=O)O)n5[nH]c(=O)nc5n4)cc3C2)c(=O)c1=O. The van der Waals surface area contributed by atoms with Gasteiger partial charge in [0.2, 0.25) is 0 Å². The summed E-state index contributed by atoms with van der Waals surface area (Å²) in [5.41, 5.74) is 6.13. The number of carboxylic acid groups (broad SMARTS) is 1. The zero-order valence-corrected chi connectivity index (χ0v) is 17.5. The van der Waals surface area contributed by atoms with Crippen LogP contribution in [0.4, 0.5) is 11.4 Å². The van der Waals surface area contributed by atoms with E-state index in [2.05, 4.69) is 20.4 Å². The molecule has 4 aromatic rings. The number of fused-ring (bicyclic) bond motifs is 2. The Morgan fingerprint density at radius 2 is 1.91 bits per heavy atom. The van der Waals surface area contributed by atoms with Crippen LogP contribution < -0.4 is 32.5 Å². The van der Waals surface area contributed by atoms with Gasteiger partial charge in [-0.15, -0.1) is 0 Å². The van der Waals surface area contributed by atoms with Crippen LogP contribution in [0.3, 0.4) is 0 Å². The number of H-pyrrole nitrogens is 1. The normalized spacial score (nSPS) is 13.2. The molecule has 1 aliphatic rings. The standard InChI is InChI=1S/C21H17N7O6/c22-14-15(17(30)16(14)29)27-4-3-10-2-1-9(5-11(10)8-27)7-23-18(31)12-6-13(19(32)33)28-20(24-12)25-21(34)26-28/h1-2,5-6H,3-4,7-8,22H2,(H,23,31)(H,26,34)(H,32,33). The summed E-state index contributed by atoms with van der Waals surface area (Å²) in [5.74, 6) is -2.24. The molecule has 3 heterocycles. The van der Waals surface area contributed by atoms with Crippen LogP contribution in [-0.4, -0.2) is 43.1 Å². The molecule has 0 radical (unpaired) electrons. The lowest BCUT2D eigenvalue weighted by molar-refractivity contribution is 0.0687. The first-order chi connectivity index (χ1) is 16.2. The lowest BCUT2D eigenvalue weighted by atomic mass is 9.96. The van der Waals surface area contributed by atoms with Crippen molar-refractivity contribution < 1.29 is 14.7 Å². The van der Waals surface area contributed by atoms with Crippen molar-refractivity contribution >= 4 is 29.0 Å². The summed E-state index contributed by atoms with van der Waals surface area (Å²) < 4.78 is 0.888. The van der Waals surface area contributed by atoms with Gasteiger partial charge in [-0.05, 0) is 23.1 Å². The van der Waals surface area contributed by atoms with Crippen LogP contribution in [0.2, 0.25) is 0 Å². The Balaban J connectivity index is 1.34. The molecule has 0 aliphatic carbocycles. The van der Waals surface area contributed by atoms with Crippen LogP contribution in [0.15, 0.2) is 38.6 Å². The largest absolute Gasteiger partial charge is 0.477 e. The summed E-state index contributed by atoms with van der Waals surface area (Å²) in [6, 6.07) is 6.72. The highest BCUT2D eigenvalue weighted by Crippen LogP contribution is 2.26. The molecule has 5 rings (SSSR count). The Morgan fingerprint density at radius 1 is 1.12 bits per heavy atom. The number of benzene rings is 1. The summed E-state index contributed by atoms with van der Waals surface area (Å²) >= 11 is 0. The fourth-order valence-corrected chi connectivity index (χ4v) is 4.06. The quantitative estimate of drug-likeness (QED) is 0.261. The fourth-order valence-electron chi connectivity index (χ4n) is 4.06. The van der Waals surface area contributed by atoms with Crippen LogP contribution in [0.25, 0.3) is 5.78 Å². The molecule has 0 spiro atoms. The number of carbonyl (C=O) groups is 2. The number of nitrogens with two attached hydrogens (primary N) is 1. The summed E-state index contributed by atoms with van der Waals surface area (Å²) in [7, 11) is 0. The maximum absolute atomic E-state index is 12.6. The van der Waals surface area contributed by atoms with E-state index in [0.717, 1.165) is 27.3 Å². The van der Waals surface area contributed by atoms with E-state index < -0.39 is 28.4 Å². The van der Waals surface area contributed by atoms with Crippen molar-refractivity contribution in [1.82, 2.24) is 24.9 Å². The first-order valence-electron chi connectivity index (χ1n) is 10.2. The number of nitrogens with zero attached hydrogens (tertiary/aromatic N) is 4. The number of aromatic amines is 1. The van der Waals surface area contributed by atoms with Gasteiger partial charge in [0, 0.05) is 25.7 Å². The average molecular weight is 463 g/mol. The van der Waals surface area contributed by atoms with Gasteiger partial charge in [0.25, 0.3) is 22.5 Å². The van der Waals surface area contributed by atoms with E-state index >= 15 is 0 Å². The third-order valence-electron chi connectivity index (χ3n) is 5.77. The molecule has 0 saturated carbocycles. The molecule has 0 fully saturated rings. The van der Waals surface area contributed by atoms with Gasteiger partial charge < -0.3 is 21.1 Å². The smallest absolute Gasteiger partial charge is 0.363 e. The minimum atomic E-state index is -1.36. The number of carbonyl (C=O) groups excluding carboxylic acids is 1. The van der Waals surface area contributed by atoms with Crippen LogP contribution in [0, 0.1) is 0 Å². The Kier molecular flexibility index (Phi) is 4.74. The Morgan fingerprint density at radius 3 is 2.65 bits per heavy atom. The second-order valence-corrected chi connectivity index (χ2v) is 7.87. The fraction of sp³-hybridized carbons (Fsp3) is 0.190. The lowest BCUT2D eigenvalue weighted by Crippen LogP contribution is -2.44. The molecular formula is C21H17N7O6. The van der Waals surface area contributed by atoms with Gasteiger partial charge in [0.15, 0.2) is 5.69 Å². The molecule has 1 aliphatic heterocycles. The van der Waals surface area contributed by atoms with Gasteiger partial charge >= 0.3 is 11.7 Å². The van der Waals surface area contributed by atoms with Gasteiger partial charge in [0.1, 0.15) is 17.1 Å². The van der Waals surface area contributed by atoms with Gasteiger partial charge in [-0.2, -0.15) is 4.98 Å². The number of nitrogen functional groups attached to an aromatic ring is 1. The molecule has 13 nitrogen and oxygen atoms in total. The second kappa shape index (κ2) is 7.65. The Labute approximate surface area is 189 Å². The van der Waals surface area contributed by atoms with Crippen molar-refractivity contribution in [3.05, 3.63) is 83.3 Å². The number of anilines is 2. The first-order valence-corrected chi connectivity index (χ1v) is 10.2. The van der Waals surface area contributed by atoms with E-state index in [-0.39, 0.29) is 35.1 Å². The van der Waals surface area contributed by atoms with Gasteiger partial charge in [0.05, 0.1) is 0 Å².